The van der Waals surface area contributed by atoms with Gasteiger partial charge in [0.05, 0.1) is 5.69 Å². The summed E-state index contributed by atoms with van der Waals surface area (Å²) in [5.74, 6) is 0.846. The van der Waals surface area contributed by atoms with Crippen LogP contribution in [0.4, 0.5) is 23.0 Å². The SMILES string of the molecule is CNc1cc(N2CCCCC2)nc(Nc2ccccc2)c1C(N)=O. The largest absolute Gasteiger partial charge is 0.387 e. The lowest BCUT2D eigenvalue weighted by Crippen LogP contribution is -2.30. The maximum Gasteiger partial charge on any atom is 0.254 e. The third kappa shape index (κ3) is 3.42. The number of benzene rings is 1. The number of rotatable bonds is 5. The molecule has 6 nitrogen and oxygen atoms in total. The first-order valence-corrected chi connectivity index (χ1v) is 8.28. The van der Waals surface area contributed by atoms with E-state index in [4.69, 9.17) is 10.7 Å². The van der Waals surface area contributed by atoms with Crippen LogP contribution in [0.2, 0.25) is 0 Å². The number of hydrogen-bond acceptors (Lipinski definition) is 5. The summed E-state index contributed by atoms with van der Waals surface area (Å²) in [4.78, 5) is 18.9. The summed E-state index contributed by atoms with van der Waals surface area (Å²) in [6, 6.07) is 11.6. The molecule has 3 rings (SSSR count). The molecule has 4 N–H and O–H groups in total. The fraction of sp³-hybridized carbons (Fsp3) is 0.333. The van der Waals surface area contributed by atoms with E-state index < -0.39 is 5.91 Å². The van der Waals surface area contributed by atoms with Crippen molar-refractivity contribution in [3.63, 3.8) is 0 Å². The van der Waals surface area contributed by atoms with Crippen LogP contribution in [0.15, 0.2) is 36.4 Å². The van der Waals surface area contributed by atoms with Crippen molar-refractivity contribution in [1.82, 2.24) is 4.98 Å². The maximum absolute atomic E-state index is 12.0. The highest BCUT2D eigenvalue weighted by molar-refractivity contribution is 6.04. The lowest BCUT2D eigenvalue weighted by atomic mass is 10.1. The topological polar surface area (TPSA) is 83.3 Å². The van der Waals surface area contributed by atoms with Crippen LogP contribution >= 0.6 is 0 Å². The van der Waals surface area contributed by atoms with Crippen LogP contribution < -0.4 is 21.3 Å². The number of nitrogens with two attached hydrogens (primary N) is 1. The van der Waals surface area contributed by atoms with Crippen molar-refractivity contribution in [3.05, 3.63) is 42.0 Å². The van der Waals surface area contributed by atoms with Gasteiger partial charge in [-0.2, -0.15) is 0 Å². The maximum atomic E-state index is 12.0. The average Bonchev–Trinajstić information content (AvgIpc) is 2.62. The van der Waals surface area contributed by atoms with E-state index in [1.807, 2.05) is 36.4 Å². The normalized spacial score (nSPS) is 14.3. The zero-order valence-corrected chi connectivity index (χ0v) is 13.9. The molecule has 0 aliphatic carbocycles. The van der Waals surface area contributed by atoms with Crippen LogP contribution in [0, 0.1) is 0 Å². The predicted molar refractivity (Wildman–Crippen MR) is 98.1 cm³/mol. The molecule has 0 radical (unpaired) electrons. The zero-order chi connectivity index (χ0) is 16.9. The van der Waals surface area contributed by atoms with Gasteiger partial charge in [0.2, 0.25) is 0 Å². The Labute approximate surface area is 142 Å². The van der Waals surface area contributed by atoms with Gasteiger partial charge in [0.1, 0.15) is 17.2 Å². The van der Waals surface area contributed by atoms with Gasteiger partial charge in [0.25, 0.3) is 5.91 Å². The molecule has 1 saturated heterocycles. The minimum Gasteiger partial charge on any atom is -0.387 e. The minimum absolute atomic E-state index is 0.377. The number of primary amides is 1. The Morgan fingerprint density at radius 1 is 1.17 bits per heavy atom. The number of carbonyl (C=O) groups is 1. The number of nitrogens with zero attached hydrogens (tertiary/aromatic N) is 2. The Kier molecular flexibility index (Phi) is 4.84. The molecule has 0 atom stereocenters. The van der Waals surface area contributed by atoms with Gasteiger partial charge in [-0.1, -0.05) is 18.2 Å². The van der Waals surface area contributed by atoms with Gasteiger partial charge in [-0.25, -0.2) is 4.98 Å². The molecule has 0 spiro atoms. The second-order valence-electron chi connectivity index (χ2n) is 5.90. The fourth-order valence-electron chi connectivity index (χ4n) is 3.01. The second-order valence-corrected chi connectivity index (χ2v) is 5.90. The third-order valence-corrected chi connectivity index (χ3v) is 4.24. The molecule has 2 heterocycles. The summed E-state index contributed by atoms with van der Waals surface area (Å²) < 4.78 is 0. The van der Waals surface area contributed by atoms with Crippen molar-refractivity contribution in [1.29, 1.82) is 0 Å². The smallest absolute Gasteiger partial charge is 0.254 e. The van der Waals surface area contributed by atoms with Gasteiger partial charge in [0, 0.05) is 31.9 Å². The third-order valence-electron chi connectivity index (χ3n) is 4.24. The molecule has 6 heteroatoms. The van der Waals surface area contributed by atoms with Crippen molar-refractivity contribution < 1.29 is 4.79 Å². The number of nitrogens with one attached hydrogen (secondary N) is 2. The van der Waals surface area contributed by atoms with Crippen molar-refractivity contribution in [3.8, 4) is 0 Å². The van der Waals surface area contributed by atoms with E-state index in [-0.39, 0.29) is 0 Å². The second kappa shape index (κ2) is 7.21. The summed E-state index contributed by atoms with van der Waals surface area (Å²) in [5.41, 5.74) is 7.53. The summed E-state index contributed by atoms with van der Waals surface area (Å²) in [7, 11) is 1.79. The van der Waals surface area contributed by atoms with E-state index >= 15 is 0 Å². The van der Waals surface area contributed by atoms with Gasteiger partial charge >= 0.3 is 0 Å². The number of para-hydroxylation sites is 1. The number of amides is 1. The van der Waals surface area contributed by atoms with Crippen LogP contribution in [0.3, 0.4) is 0 Å². The van der Waals surface area contributed by atoms with E-state index in [9.17, 15) is 4.79 Å². The molecular formula is C18H23N5O. The molecule has 1 aromatic heterocycles. The van der Waals surface area contributed by atoms with Crippen LogP contribution in [0.5, 0.6) is 0 Å². The Balaban J connectivity index is 2.03. The molecule has 1 aliphatic rings. The van der Waals surface area contributed by atoms with Crippen LogP contribution in [0.25, 0.3) is 0 Å². The molecule has 1 amide bonds. The lowest BCUT2D eigenvalue weighted by molar-refractivity contribution is 0.100. The standard InChI is InChI=1S/C18H23N5O/c1-20-14-12-15(23-10-6-3-7-11-23)22-18(16(14)17(19)24)21-13-8-4-2-5-9-13/h2,4-5,8-9,12H,3,6-7,10-11H2,1H3,(H2,19,24)(H2,20,21,22). The van der Waals surface area contributed by atoms with Crippen LogP contribution in [0.1, 0.15) is 29.6 Å². The minimum atomic E-state index is -0.504. The molecule has 126 valence electrons. The molecule has 0 bridgehead atoms. The Bertz CT molecular complexity index is 711. The van der Waals surface area contributed by atoms with Crippen molar-refractivity contribution in [2.75, 3.05) is 35.7 Å². The van der Waals surface area contributed by atoms with Gasteiger partial charge < -0.3 is 21.3 Å². The van der Waals surface area contributed by atoms with E-state index in [1.165, 1.54) is 6.42 Å². The van der Waals surface area contributed by atoms with Crippen molar-refractivity contribution in [2.45, 2.75) is 19.3 Å². The molecule has 1 aromatic carbocycles. The number of carbonyl (C=O) groups excluding carboxylic acids is 1. The molecule has 1 fully saturated rings. The highest BCUT2D eigenvalue weighted by Crippen LogP contribution is 2.30. The fourth-order valence-corrected chi connectivity index (χ4v) is 3.01. The molecule has 2 aromatic rings. The zero-order valence-electron chi connectivity index (χ0n) is 13.9. The van der Waals surface area contributed by atoms with Gasteiger partial charge in [0.15, 0.2) is 0 Å². The summed E-state index contributed by atoms with van der Waals surface area (Å²) in [6.07, 6.45) is 3.58. The van der Waals surface area contributed by atoms with Crippen LogP contribution in [-0.4, -0.2) is 31.0 Å². The first-order chi connectivity index (χ1) is 11.7. The Morgan fingerprint density at radius 3 is 2.50 bits per heavy atom. The predicted octanol–water partition coefficient (Wildman–Crippen LogP) is 2.96. The molecule has 24 heavy (non-hydrogen) atoms. The monoisotopic (exact) mass is 325 g/mol. The first-order valence-electron chi connectivity index (χ1n) is 8.28. The first kappa shape index (κ1) is 16.1. The lowest BCUT2D eigenvalue weighted by Gasteiger charge is -2.29. The van der Waals surface area contributed by atoms with E-state index in [2.05, 4.69) is 15.5 Å². The number of pyridine rings is 1. The van der Waals surface area contributed by atoms with E-state index in [1.54, 1.807) is 7.05 Å². The Morgan fingerprint density at radius 2 is 1.88 bits per heavy atom. The molecule has 1 aliphatic heterocycles. The average molecular weight is 325 g/mol. The van der Waals surface area contributed by atoms with Crippen LogP contribution in [-0.2, 0) is 0 Å². The number of aromatic nitrogens is 1. The number of hydrogen-bond donors (Lipinski definition) is 3. The summed E-state index contributed by atoms with van der Waals surface area (Å²) in [5, 5.41) is 6.30. The summed E-state index contributed by atoms with van der Waals surface area (Å²) >= 11 is 0. The summed E-state index contributed by atoms with van der Waals surface area (Å²) in [6.45, 7) is 1.97. The van der Waals surface area contributed by atoms with Crippen molar-refractivity contribution in [2.24, 2.45) is 5.73 Å². The van der Waals surface area contributed by atoms with E-state index in [0.717, 1.165) is 37.4 Å². The molecular weight excluding hydrogens is 302 g/mol. The van der Waals surface area contributed by atoms with Crippen molar-refractivity contribution >= 4 is 28.9 Å². The number of anilines is 4. The quantitative estimate of drug-likeness (QED) is 0.787. The number of piperidine rings is 1. The van der Waals surface area contributed by atoms with Gasteiger partial charge in [-0.05, 0) is 31.4 Å². The van der Waals surface area contributed by atoms with Gasteiger partial charge in [-0.15, -0.1) is 0 Å². The molecule has 0 unspecified atom stereocenters. The van der Waals surface area contributed by atoms with Gasteiger partial charge in [-0.3, -0.25) is 4.79 Å². The Hall–Kier alpha value is -2.76. The molecule has 0 saturated carbocycles. The highest BCUT2D eigenvalue weighted by Gasteiger charge is 2.20. The van der Waals surface area contributed by atoms with E-state index in [0.29, 0.717) is 17.1 Å². The highest BCUT2D eigenvalue weighted by atomic mass is 16.1.